The van der Waals surface area contributed by atoms with E-state index in [0.717, 1.165) is 22.2 Å². The molecule has 0 aliphatic rings. The van der Waals surface area contributed by atoms with Gasteiger partial charge in [-0.2, -0.15) is 9.97 Å². The first-order chi connectivity index (χ1) is 16.3. The maximum absolute atomic E-state index is 13.2. The molecule has 6 aromatic rings. The maximum atomic E-state index is 13.2. The van der Waals surface area contributed by atoms with Crippen molar-refractivity contribution in [3.05, 3.63) is 119 Å². The van der Waals surface area contributed by atoms with Gasteiger partial charge in [0.25, 0.3) is 0 Å². The Kier molecular flexibility index (Phi) is 4.51. The number of rotatable bonds is 3. The number of pyridine rings is 1. The van der Waals surface area contributed by atoms with Crippen molar-refractivity contribution in [3.63, 3.8) is 0 Å². The molecule has 0 radical (unpaired) electrons. The smallest absolute Gasteiger partial charge is 0.238 e. The third-order valence-corrected chi connectivity index (χ3v) is 5.67. The Balaban J connectivity index is 1.74. The first kappa shape index (κ1) is 19.1. The lowest BCUT2D eigenvalue weighted by atomic mass is 10.1. The zero-order chi connectivity index (χ0) is 22.2. The van der Waals surface area contributed by atoms with Crippen LogP contribution in [0.2, 0.25) is 0 Å². The SMILES string of the molecule is O=c1c2ccccc2n(-c2nc(-c3ccccc3)nc(-c3ccccc3)n2)c2ccccc12. The summed E-state index contributed by atoms with van der Waals surface area (Å²) in [5.74, 6) is 1.62. The molecule has 0 aliphatic carbocycles. The van der Waals surface area contributed by atoms with E-state index in [4.69, 9.17) is 15.0 Å². The lowest BCUT2D eigenvalue weighted by Crippen LogP contribution is -2.13. The second-order valence-electron chi connectivity index (χ2n) is 7.71. The van der Waals surface area contributed by atoms with Crippen molar-refractivity contribution in [1.29, 1.82) is 0 Å². The van der Waals surface area contributed by atoms with E-state index in [9.17, 15) is 4.79 Å². The normalized spacial score (nSPS) is 11.2. The summed E-state index contributed by atoms with van der Waals surface area (Å²) in [5, 5.41) is 1.25. The lowest BCUT2D eigenvalue weighted by Gasteiger charge is -2.15. The molecule has 4 aromatic carbocycles. The number of hydrogen-bond donors (Lipinski definition) is 0. The summed E-state index contributed by atoms with van der Waals surface area (Å²) >= 11 is 0. The van der Waals surface area contributed by atoms with E-state index in [1.165, 1.54) is 0 Å². The Morgan fingerprint density at radius 2 is 0.909 bits per heavy atom. The van der Waals surface area contributed by atoms with Crippen molar-refractivity contribution in [2.75, 3.05) is 0 Å². The van der Waals surface area contributed by atoms with Gasteiger partial charge in [-0.3, -0.25) is 9.36 Å². The molecule has 156 valence electrons. The minimum absolute atomic E-state index is 0.00179. The molecule has 0 unspecified atom stereocenters. The summed E-state index contributed by atoms with van der Waals surface area (Å²) in [5.41, 5.74) is 3.30. The van der Waals surface area contributed by atoms with Crippen LogP contribution in [0, 0.1) is 0 Å². The van der Waals surface area contributed by atoms with Crippen molar-refractivity contribution in [1.82, 2.24) is 19.5 Å². The van der Waals surface area contributed by atoms with Gasteiger partial charge in [-0.05, 0) is 24.3 Å². The number of para-hydroxylation sites is 2. The molecule has 0 saturated heterocycles. The fourth-order valence-electron chi connectivity index (χ4n) is 4.11. The van der Waals surface area contributed by atoms with Crippen LogP contribution in [0.5, 0.6) is 0 Å². The number of fused-ring (bicyclic) bond motifs is 2. The molecule has 0 amide bonds. The fourth-order valence-corrected chi connectivity index (χ4v) is 4.11. The van der Waals surface area contributed by atoms with Crippen LogP contribution in [0.1, 0.15) is 0 Å². The van der Waals surface area contributed by atoms with Crippen LogP contribution in [-0.4, -0.2) is 19.5 Å². The molecular formula is C28H18N4O. The second-order valence-corrected chi connectivity index (χ2v) is 7.71. The zero-order valence-electron chi connectivity index (χ0n) is 17.6. The molecule has 0 spiro atoms. The van der Waals surface area contributed by atoms with Gasteiger partial charge in [-0.25, -0.2) is 4.98 Å². The third kappa shape index (κ3) is 3.27. The molecule has 0 aliphatic heterocycles. The van der Waals surface area contributed by atoms with Gasteiger partial charge in [0, 0.05) is 21.9 Å². The number of benzene rings is 4. The summed E-state index contributed by atoms with van der Waals surface area (Å²) in [6.45, 7) is 0. The predicted molar refractivity (Wildman–Crippen MR) is 131 cm³/mol. The summed E-state index contributed by atoms with van der Waals surface area (Å²) < 4.78 is 1.95. The molecule has 2 heterocycles. The quantitative estimate of drug-likeness (QED) is 0.343. The molecule has 0 fully saturated rings. The average molecular weight is 426 g/mol. The Morgan fingerprint density at radius 1 is 0.485 bits per heavy atom. The molecule has 0 bridgehead atoms. The molecule has 0 N–H and O–H groups in total. The van der Waals surface area contributed by atoms with Crippen molar-refractivity contribution in [2.24, 2.45) is 0 Å². The van der Waals surface area contributed by atoms with Crippen LogP contribution in [-0.2, 0) is 0 Å². The van der Waals surface area contributed by atoms with Crippen molar-refractivity contribution in [2.45, 2.75) is 0 Å². The minimum atomic E-state index is -0.00179. The Labute approximate surface area is 189 Å². The standard InChI is InChI=1S/C28H18N4O/c33-25-21-15-7-9-17-23(21)32(24-18-10-8-16-22(24)25)28-30-26(19-11-3-1-4-12-19)29-27(31-28)20-13-5-2-6-14-20/h1-18H. The maximum Gasteiger partial charge on any atom is 0.238 e. The summed E-state index contributed by atoms with van der Waals surface area (Å²) in [6.07, 6.45) is 0. The predicted octanol–water partition coefficient (Wildman–Crippen LogP) is 5.66. The molecular weight excluding hydrogens is 408 g/mol. The van der Waals surface area contributed by atoms with Crippen LogP contribution < -0.4 is 5.43 Å². The van der Waals surface area contributed by atoms with Crippen LogP contribution in [0.15, 0.2) is 114 Å². The molecule has 0 atom stereocenters. The van der Waals surface area contributed by atoms with E-state index < -0.39 is 0 Å². The van der Waals surface area contributed by atoms with Crippen molar-refractivity contribution < 1.29 is 0 Å². The Bertz CT molecular complexity index is 1560. The van der Waals surface area contributed by atoms with E-state index in [0.29, 0.717) is 28.4 Å². The van der Waals surface area contributed by atoms with E-state index in [1.54, 1.807) is 0 Å². The van der Waals surface area contributed by atoms with Gasteiger partial charge in [0.2, 0.25) is 5.95 Å². The Hall–Kier alpha value is -4.64. The highest BCUT2D eigenvalue weighted by Crippen LogP contribution is 2.26. The van der Waals surface area contributed by atoms with Gasteiger partial charge in [0.05, 0.1) is 11.0 Å². The molecule has 5 heteroatoms. The van der Waals surface area contributed by atoms with Crippen LogP contribution in [0.3, 0.4) is 0 Å². The highest BCUT2D eigenvalue weighted by atomic mass is 16.1. The molecule has 0 saturated carbocycles. The van der Waals surface area contributed by atoms with Gasteiger partial charge < -0.3 is 0 Å². The van der Waals surface area contributed by atoms with Gasteiger partial charge in [-0.1, -0.05) is 84.9 Å². The monoisotopic (exact) mass is 426 g/mol. The van der Waals surface area contributed by atoms with Crippen molar-refractivity contribution >= 4 is 21.8 Å². The topological polar surface area (TPSA) is 60.7 Å². The largest absolute Gasteiger partial charge is 0.288 e. The highest BCUT2D eigenvalue weighted by molar-refractivity contribution is 5.94. The van der Waals surface area contributed by atoms with E-state index in [2.05, 4.69) is 0 Å². The molecule has 33 heavy (non-hydrogen) atoms. The van der Waals surface area contributed by atoms with Crippen molar-refractivity contribution in [3.8, 4) is 28.7 Å². The third-order valence-electron chi connectivity index (χ3n) is 5.67. The minimum Gasteiger partial charge on any atom is -0.288 e. The molecule has 2 aromatic heterocycles. The summed E-state index contributed by atoms with van der Waals surface area (Å²) in [6, 6.07) is 34.9. The van der Waals surface area contributed by atoms with E-state index >= 15 is 0 Å². The van der Waals surface area contributed by atoms with Crippen LogP contribution in [0.25, 0.3) is 50.5 Å². The molecule has 5 nitrogen and oxygen atoms in total. The Morgan fingerprint density at radius 3 is 1.39 bits per heavy atom. The number of aromatic nitrogens is 4. The zero-order valence-corrected chi connectivity index (χ0v) is 17.6. The van der Waals surface area contributed by atoms with Gasteiger partial charge in [-0.15, -0.1) is 0 Å². The highest BCUT2D eigenvalue weighted by Gasteiger charge is 2.17. The first-order valence-corrected chi connectivity index (χ1v) is 10.7. The van der Waals surface area contributed by atoms with Gasteiger partial charge >= 0.3 is 0 Å². The average Bonchev–Trinajstić information content (AvgIpc) is 2.90. The molecule has 6 rings (SSSR count). The van der Waals surface area contributed by atoms with Crippen LogP contribution in [0.4, 0.5) is 0 Å². The number of nitrogens with zero attached hydrogens (tertiary/aromatic N) is 4. The van der Waals surface area contributed by atoms with Crippen LogP contribution >= 0.6 is 0 Å². The second kappa shape index (κ2) is 7.80. The number of hydrogen-bond acceptors (Lipinski definition) is 4. The van der Waals surface area contributed by atoms with E-state index in [-0.39, 0.29) is 5.43 Å². The summed E-state index contributed by atoms with van der Waals surface area (Å²) in [4.78, 5) is 27.7. The van der Waals surface area contributed by atoms with Gasteiger partial charge in [0.1, 0.15) is 0 Å². The lowest BCUT2D eigenvalue weighted by molar-refractivity contribution is 0.949. The van der Waals surface area contributed by atoms with E-state index in [1.807, 2.05) is 114 Å². The first-order valence-electron chi connectivity index (χ1n) is 10.7. The summed E-state index contributed by atoms with van der Waals surface area (Å²) in [7, 11) is 0. The fraction of sp³-hybridized carbons (Fsp3) is 0. The van der Waals surface area contributed by atoms with Gasteiger partial charge in [0.15, 0.2) is 17.1 Å².